The molecule has 0 unspecified atom stereocenters. The summed E-state index contributed by atoms with van der Waals surface area (Å²) in [6.45, 7) is 5.59. The van der Waals surface area contributed by atoms with Crippen molar-refractivity contribution in [2.24, 2.45) is 0 Å². The summed E-state index contributed by atoms with van der Waals surface area (Å²) in [6.07, 6.45) is 0. The molecule has 120 valence electrons. The SMILES string of the molecule is Cc1ccc(C)c(NC(=O)[C@H](C)Nc2cccc([N+](=O)[O-])c2)c1. The minimum atomic E-state index is -0.531. The lowest BCUT2D eigenvalue weighted by Crippen LogP contribution is -2.32. The number of nitrogens with zero attached hydrogens (tertiary/aromatic N) is 1. The van der Waals surface area contributed by atoms with E-state index in [0.29, 0.717) is 5.69 Å². The van der Waals surface area contributed by atoms with Crippen molar-refractivity contribution in [2.45, 2.75) is 26.8 Å². The van der Waals surface area contributed by atoms with Gasteiger partial charge in [-0.15, -0.1) is 0 Å². The molecule has 23 heavy (non-hydrogen) atoms. The standard InChI is InChI=1S/C17H19N3O3/c1-11-7-8-12(2)16(9-11)19-17(21)13(3)18-14-5-4-6-15(10-14)20(22)23/h4-10,13,18H,1-3H3,(H,19,21)/t13-/m0/s1. The molecule has 2 N–H and O–H groups in total. The van der Waals surface area contributed by atoms with E-state index in [1.165, 1.54) is 12.1 Å². The van der Waals surface area contributed by atoms with E-state index >= 15 is 0 Å². The van der Waals surface area contributed by atoms with Crippen LogP contribution in [0.1, 0.15) is 18.1 Å². The fraction of sp³-hybridized carbons (Fsp3) is 0.235. The third-order valence-corrected chi connectivity index (χ3v) is 3.48. The zero-order valence-corrected chi connectivity index (χ0v) is 13.3. The average molecular weight is 313 g/mol. The van der Waals surface area contributed by atoms with Gasteiger partial charge in [-0.2, -0.15) is 0 Å². The smallest absolute Gasteiger partial charge is 0.271 e. The number of aryl methyl sites for hydroxylation is 2. The maximum atomic E-state index is 12.3. The van der Waals surface area contributed by atoms with Crippen LogP contribution in [0.3, 0.4) is 0 Å². The van der Waals surface area contributed by atoms with Crippen LogP contribution in [-0.4, -0.2) is 16.9 Å². The van der Waals surface area contributed by atoms with Crippen LogP contribution in [-0.2, 0) is 4.79 Å². The summed E-state index contributed by atoms with van der Waals surface area (Å²) in [5.41, 5.74) is 3.32. The fourth-order valence-electron chi connectivity index (χ4n) is 2.14. The minimum absolute atomic E-state index is 0.0165. The second-order valence-corrected chi connectivity index (χ2v) is 5.48. The molecule has 0 aliphatic rings. The molecule has 0 fully saturated rings. The summed E-state index contributed by atoms with van der Waals surface area (Å²) >= 11 is 0. The molecule has 0 saturated carbocycles. The number of nitrogens with one attached hydrogen (secondary N) is 2. The van der Waals surface area contributed by atoms with E-state index in [-0.39, 0.29) is 11.6 Å². The van der Waals surface area contributed by atoms with Crippen LogP contribution in [0.4, 0.5) is 17.1 Å². The molecule has 0 spiro atoms. The lowest BCUT2D eigenvalue weighted by molar-refractivity contribution is -0.384. The fourth-order valence-corrected chi connectivity index (χ4v) is 2.14. The Hall–Kier alpha value is -2.89. The van der Waals surface area contributed by atoms with Crippen molar-refractivity contribution >= 4 is 23.0 Å². The first kappa shape index (κ1) is 16.5. The molecule has 2 rings (SSSR count). The molecule has 0 heterocycles. The quantitative estimate of drug-likeness (QED) is 0.652. The largest absolute Gasteiger partial charge is 0.374 e. The Balaban J connectivity index is 2.07. The second-order valence-electron chi connectivity index (χ2n) is 5.48. The molecule has 1 amide bonds. The van der Waals surface area contributed by atoms with Crippen molar-refractivity contribution < 1.29 is 9.72 Å². The summed E-state index contributed by atoms with van der Waals surface area (Å²) in [5.74, 6) is -0.204. The molecular formula is C17H19N3O3. The van der Waals surface area contributed by atoms with Crippen LogP contribution in [0.5, 0.6) is 0 Å². The molecule has 1 atom stereocenters. The van der Waals surface area contributed by atoms with Crippen LogP contribution in [0.2, 0.25) is 0 Å². The highest BCUT2D eigenvalue weighted by atomic mass is 16.6. The van der Waals surface area contributed by atoms with Crippen LogP contribution in [0, 0.1) is 24.0 Å². The molecule has 0 aliphatic heterocycles. The second kappa shape index (κ2) is 6.91. The van der Waals surface area contributed by atoms with Crippen molar-refractivity contribution in [1.29, 1.82) is 0 Å². The zero-order chi connectivity index (χ0) is 17.0. The van der Waals surface area contributed by atoms with Gasteiger partial charge in [0.05, 0.1) is 4.92 Å². The van der Waals surface area contributed by atoms with Gasteiger partial charge >= 0.3 is 0 Å². The number of benzene rings is 2. The highest BCUT2D eigenvalue weighted by Gasteiger charge is 2.15. The lowest BCUT2D eigenvalue weighted by Gasteiger charge is -2.16. The monoisotopic (exact) mass is 313 g/mol. The van der Waals surface area contributed by atoms with Gasteiger partial charge in [-0.3, -0.25) is 14.9 Å². The Labute approximate surface area is 134 Å². The number of carbonyl (C=O) groups is 1. The number of carbonyl (C=O) groups excluding carboxylic acids is 1. The zero-order valence-electron chi connectivity index (χ0n) is 13.3. The normalized spacial score (nSPS) is 11.6. The van der Waals surface area contributed by atoms with E-state index in [0.717, 1.165) is 16.8 Å². The Bertz CT molecular complexity index is 744. The molecule has 0 aliphatic carbocycles. The summed E-state index contributed by atoms with van der Waals surface area (Å²) in [6, 6.07) is 11.4. The van der Waals surface area contributed by atoms with E-state index in [4.69, 9.17) is 0 Å². The topological polar surface area (TPSA) is 84.3 Å². The highest BCUT2D eigenvalue weighted by Crippen LogP contribution is 2.19. The predicted octanol–water partition coefficient (Wildman–Crippen LogP) is 3.65. The summed E-state index contributed by atoms with van der Waals surface area (Å²) in [5, 5.41) is 16.6. The van der Waals surface area contributed by atoms with E-state index in [1.807, 2.05) is 32.0 Å². The molecule has 6 nitrogen and oxygen atoms in total. The number of hydrogen-bond acceptors (Lipinski definition) is 4. The first-order chi connectivity index (χ1) is 10.9. The number of amides is 1. The molecule has 0 radical (unpaired) electrons. The van der Waals surface area contributed by atoms with Crippen LogP contribution in [0.15, 0.2) is 42.5 Å². The van der Waals surface area contributed by atoms with Crippen LogP contribution in [0.25, 0.3) is 0 Å². The van der Waals surface area contributed by atoms with Gasteiger partial charge in [0.1, 0.15) is 6.04 Å². The number of non-ortho nitro benzene ring substituents is 1. The number of hydrogen-bond donors (Lipinski definition) is 2. The molecule has 2 aromatic carbocycles. The molecule has 0 bridgehead atoms. The van der Waals surface area contributed by atoms with Gasteiger partial charge in [0.15, 0.2) is 0 Å². The van der Waals surface area contributed by atoms with Gasteiger partial charge in [0.2, 0.25) is 5.91 Å². The number of nitro groups is 1. The van der Waals surface area contributed by atoms with E-state index < -0.39 is 11.0 Å². The Kier molecular flexibility index (Phi) is 4.95. The molecular weight excluding hydrogens is 294 g/mol. The molecule has 2 aromatic rings. The summed E-state index contributed by atoms with van der Waals surface area (Å²) in [7, 11) is 0. The Morgan fingerprint density at radius 1 is 1.17 bits per heavy atom. The van der Waals surface area contributed by atoms with Crippen molar-refractivity contribution in [3.8, 4) is 0 Å². The van der Waals surface area contributed by atoms with Gasteiger partial charge in [-0.1, -0.05) is 18.2 Å². The average Bonchev–Trinajstić information content (AvgIpc) is 2.51. The van der Waals surface area contributed by atoms with Crippen molar-refractivity contribution in [2.75, 3.05) is 10.6 Å². The third kappa shape index (κ3) is 4.29. The first-order valence-corrected chi connectivity index (χ1v) is 7.26. The van der Waals surface area contributed by atoms with Gasteiger partial charge < -0.3 is 10.6 Å². The van der Waals surface area contributed by atoms with E-state index in [1.54, 1.807) is 19.1 Å². The molecule has 0 saturated heterocycles. The van der Waals surface area contributed by atoms with Gasteiger partial charge in [0, 0.05) is 23.5 Å². The highest BCUT2D eigenvalue weighted by molar-refractivity contribution is 5.96. The van der Waals surface area contributed by atoms with Crippen molar-refractivity contribution in [1.82, 2.24) is 0 Å². The maximum Gasteiger partial charge on any atom is 0.271 e. The van der Waals surface area contributed by atoms with Crippen molar-refractivity contribution in [3.63, 3.8) is 0 Å². The summed E-state index contributed by atoms with van der Waals surface area (Å²) < 4.78 is 0. The summed E-state index contributed by atoms with van der Waals surface area (Å²) in [4.78, 5) is 22.6. The van der Waals surface area contributed by atoms with E-state index in [2.05, 4.69) is 10.6 Å². The van der Waals surface area contributed by atoms with Gasteiger partial charge in [-0.25, -0.2) is 0 Å². The Morgan fingerprint density at radius 3 is 2.61 bits per heavy atom. The number of nitro benzene ring substituents is 1. The first-order valence-electron chi connectivity index (χ1n) is 7.26. The minimum Gasteiger partial charge on any atom is -0.374 e. The van der Waals surface area contributed by atoms with Gasteiger partial charge in [-0.05, 0) is 44.0 Å². The number of anilines is 2. The maximum absolute atomic E-state index is 12.3. The predicted molar refractivity (Wildman–Crippen MR) is 90.7 cm³/mol. The van der Waals surface area contributed by atoms with Crippen molar-refractivity contribution in [3.05, 3.63) is 63.7 Å². The van der Waals surface area contributed by atoms with Gasteiger partial charge in [0.25, 0.3) is 5.69 Å². The lowest BCUT2D eigenvalue weighted by atomic mass is 10.1. The van der Waals surface area contributed by atoms with E-state index in [9.17, 15) is 14.9 Å². The Morgan fingerprint density at radius 2 is 1.91 bits per heavy atom. The van der Waals surface area contributed by atoms with Crippen LogP contribution < -0.4 is 10.6 Å². The number of rotatable bonds is 5. The molecule has 0 aromatic heterocycles. The molecule has 6 heteroatoms. The van der Waals surface area contributed by atoms with Crippen LogP contribution >= 0.6 is 0 Å². The third-order valence-electron chi connectivity index (χ3n) is 3.48.